The summed E-state index contributed by atoms with van der Waals surface area (Å²) in [5, 5.41) is 4.14. The van der Waals surface area contributed by atoms with Crippen LogP contribution in [0, 0.1) is 25.5 Å². The van der Waals surface area contributed by atoms with Gasteiger partial charge in [-0.05, 0) is 38.8 Å². The molecular weight excluding hydrogens is 464 g/mol. The molecule has 2 atom stereocenters. The first-order valence-electron chi connectivity index (χ1n) is 10.9. The topological polar surface area (TPSA) is 74.3 Å². The predicted octanol–water partition coefficient (Wildman–Crippen LogP) is 4.67. The fourth-order valence-corrected chi connectivity index (χ4v) is 4.58. The number of benzene rings is 1. The molecule has 0 N–H and O–H groups in total. The van der Waals surface area contributed by atoms with Crippen molar-refractivity contribution in [2.45, 2.75) is 38.7 Å². The molecule has 34 heavy (non-hydrogen) atoms. The van der Waals surface area contributed by atoms with Gasteiger partial charge in [0.2, 0.25) is 0 Å². The second-order valence-electron chi connectivity index (χ2n) is 8.61. The first kappa shape index (κ1) is 22.6. The molecule has 0 spiro atoms. The second-order valence-corrected chi connectivity index (χ2v) is 9.04. The lowest BCUT2D eigenvalue weighted by atomic mass is 9.90. The van der Waals surface area contributed by atoms with E-state index >= 15 is 0 Å². The second kappa shape index (κ2) is 8.56. The highest BCUT2D eigenvalue weighted by Crippen LogP contribution is 2.38. The molecule has 0 unspecified atom stereocenters. The van der Waals surface area contributed by atoms with Crippen LogP contribution in [0.3, 0.4) is 0 Å². The molecule has 10 heteroatoms. The van der Waals surface area contributed by atoms with Gasteiger partial charge in [-0.2, -0.15) is 5.10 Å². The maximum Gasteiger partial charge on any atom is 0.261 e. The van der Waals surface area contributed by atoms with E-state index in [1.54, 1.807) is 30.9 Å². The maximum absolute atomic E-state index is 15.0. The van der Waals surface area contributed by atoms with Gasteiger partial charge in [0.15, 0.2) is 5.65 Å². The van der Waals surface area contributed by atoms with Gasteiger partial charge in [0.1, 0.15) is 17.3 Å². The average molecular weight is 486 g/mol. The van der Waals surface area contributed by atoms with Gasteiger partial charge in [0.05, 0.1) is 23.6 Å². The number of rotatable bonds is 3. The Morgan fingerprint density at radius 1 is 1.15 bits per heavy atom. The Morgan fingerprint density at radius 2 is 1.88 bits per heavy atom. The lowest BCUT2D eigenvalue weighted by molar-refractivity contribution is 0.00455. The van der Waals surface area contributed by atoms with Gasteiger partial charge in [-0.3, -0.25) is 13.9 Å². The van der Waals surface area contributed by atoms with Crippen LogP contribution in [-0.2, 0) is 11.8 Å². The van der Waals surface area contributed by atoms with Crippen molar-refractivity contribution in [3.8, 4) is 11.3 Å². The Kier molecular flexibility index (Phi) is 5.69. The van der Waals surface area contributed by atoms with Crippen LogP contribution in [0.25, 0.3) is 16.9 Å². The van der Waals surface area contributed by atoms with Crippen LogP contribution in [0.15, 0.2) is 35.5 Å². The van der Waals surface area contributed by atoms with E-state index in [0.717, 1.165) is 17.7 Å². The van der Waals surface area contributed by atoms with E-state index in [0.29, 0.717) is 36.4 Å². The summed E-state index contributed by atoms with van der Waals surface area (Å²) in [5.74, 6) is -1.84. The molecule has 0 amide bonds. The highest BCUT2D eigenvalue weighted by atomic mass is 35.5. The average Bonchev–Trinajstić information content (AvgIpc) is 3.23. The van der Waals surface area contributed by atoms with Crippen molar-refractivity contribution in [1.29, 1.82) is 0 Å². The fraction of sp³-hybridized carbons (Fsp3) is 0.333. The summed E-state index contributed by atoms with van der Waals surface area (Å²) in [6, 6.07) is 2.05. The number of aryl methyl sites for hydroxylation is 2. The first-order valence-corrected chi connectivity index (χ1v) is 11.3. The van der Waals surface area contributed by atoms with Crippen LogP contribution in [0.2, 0.25) is 5.02 Å². The van der Waals surface area contributed by atoms with Crippen molar-refractivity contribution >= 4 is 17.2 Å². The van der Waals surface area contributed by atoms with E-state index < -0.39 is 11.6 Å². The molecule has 3 aromatic heterocycles. The van der Waals surface area contributed by atoms with Gasteiger partial charge in [-0.15, -0.1) is 0 Å². The van der Waals surface area contributed by atoms with Crippen molar-refractivity contribution in [2.75, 3.05) is 6.61 Å². The van der Waals surface area contributed by atoms with Crippen molar-refractivity contribution in [3.63, 3.8) is 0 Å². The summed E-state index contributed by atoms with van der Waals surface area (Å²) in [7, 11) is 1.83. The summed E-state index contributed by atoms with van der Waals surface area (Å²) in [4.78, 5) is 22.3. The Balaban J connectivity index is 1.70. The zero-order chi connectivity index (χ0) is 24.1. The van der Waals surface area contributed by atoms with Crippen LogP contribution < -0.4 is 5.56 Å². The predicted molar refractivity (Wildman–Crippen MR) is 123 cm³/mol. The number of aromatic nitrogens is 5. The molecule has 1 aliphatic rings. The third-order valence-corrected chi connectivity index (χ3v) is 6.56. The lowest BCUT2D eigenvalue weighted by Crippen LogP contribution is -2.24. The highest BCUT2D eigenvalue weighted by molar-refractivity contribution is 6.30. The molecule has 0 bridgehead atoms. The summed E-state index contributed by atoms with van der Waals surface area (Å²) < 4.78 is 38.9. The molecule has 0 aliphatic carbocycles. The summed E-state index contributed by atoms with van der Waals surface area (Å²) >= 11 is 5.84. The molecule has 1 saturated heterocycles. The molecule has 176 valence electrons. The minimum absolute atomic E-state index is 0.0335. The standard InChI is InChI=1S/C24H22ClF2N5O2/c1-12-13(2)29-23-22(21-17(26)7-16(25)8-18(21)27)30-19(11-32(23)24(12)33)14-4-5-34-20(6-14)15-9-28-31(3)10-15/h7-11,14,20H,4-6H2,1-3H3/t14-,20-/m1/s1. The Labute approximate surface area is 199 Å². The van der Waals surface area contributed by atoms with Gasteiger partial charge < -0.3 is 4.74 Å². The number of halogens is 3. The number of nitrogens with zero attached hydrogens (tertiary/aromatic N) is 5. The zero-order valence-corrected chi connectivity index (χ0v) is 19.6. The fourth-order valence-electron chi connectivity index (χ4n) is 4.39. The Morgan fingerprint density at radius 3 is 2.56 bits per heavy atom. The molecule has 7 nitrogen and oxygen atoms in total. The monoisotopic (exact) mass is 485 g/mol. The molecule has 5 rings (SSSR count). The number of hydrogen-bond acceptors (Lipinski definition) is 5. The molecule has 4 heterocycles. The van der Waals surface area contributed by atoms with Gasteiger partial charge in [-0.25, -0.2) is 18.7 Å². The van der Waals surface area contributed by atoms with Crippen molar-refractivity contribution in [3.05, 3.63) is 80.2 Å². The third kappa shape index (κ3) is 3.88. The van der Waals surface area contributed by atoms with E-state index in [1.165, 1.54) is 4.40 Å². The van der Waals surface area contributed by atoms with Crippen molar-refractivity contribution < 1.29 is 13.5 Å². The molecule has 0 saturated carbocycles. The number of ether oxygens (including phenoxy) is 1. The van der Waals surface area contributed by atoms with E-state index in [1.807, 2.05) is 13.2 Å². The van der Waals surface area contributed by atoms with E-state index in [2.05, 4.69) is 15.1 Å². The maximum atomic E-state index is 15.0. The van der Waals surface area contributed by atoms with E-state index in [-0.39, 0.29) is 39.5 Å². The SMILES string of the molecule is Cc1nc2c(-c3c(F)cc(Cl)cc3F)nc([C@@H]3CCO[C@@H](c4cnn(C)c4)C3)cn2c(=O)c1C. The Bertz CT molecular complexity index is 1460. The van der Waals surface area contributed by atoms with Gasteiger partial charge in [0.25, 0.3) is 5.56 Å². The highest BCUT2D eigenvalue weighted by Gasteiger charge is 2.29. The molecule has 1 aliphatic heterocycles. The van der Waals surface area contributed by atoms with Crippen LogP contribution in [-0.4, -0.2) is 30.8 Å². The normalized spacial score (nSPS) is 18.5. The molecule has 0 radical (unpaired) electrons. The number of hydrogen-bond donors (Lipinski definition) is 0. The van der Waals surface area contributed by atoms with Crippen molar-refractivity contribution in [1.82, 2.24) is 24.1 Å². The van der Waals surface area contributed by atoms with Gasteiger partial charge in [0, 0.05) is 53.8 Å². The minimum atomic E-state index is -0.871. The zero-order valence-electron chi connectivity index (χ0n) is 18.8. The van der Waals surface area contributed by atoms with E-state index in [9.17, 15) is 13.6 Å². The quantitative estimate of drug-likeness (QED) is 0.421. The third-order valence-electron chi connectivity index (χ3n) is 6.34. The summed E-state index contributed by atoms with van der Waals surface area (Å²) in [6.07, 6.45) is 6.31. The van der Waals surface area contributed by atoms with Crippen molar-refractivity contribution in [2.24, 2.45) is 7.05 Å². The Hall–Kier alpha value is -3.17. The van der Waals surface area contributed by atoms with Crippen LogP contribution in [0.5, 0.6) is 0 Å². The molecular formula is C24H22ClF2N5O2. The molecule has 4 aromatic rings. The summed E-state index contributed by atoms with van der Waals surface area (Å²) in [6.45, 7) is 3.83. The summed E-state index contributed by atoms with van der Waals surface area (Å²) in [5.41, 5.74) is 1.79. The molecule has 1 fully saturated rings. The van der Waals surface area contributed by atoms with Crippen LogP contribution in [0.1, 0.15) is 47.4 Å². The van der Waals surface area contributed by atoms with Crippen LogP contribution in [0.4, 0.5) is 8.78 Å². The minimum Gasteiger partial charge on any atom is -0.373 e. The first-order chi connectivity index (χ1) is 16.2. The lowest BCUT2D eigenvalue weighted by Gasteiger charge is -2.29. The van der Waals surface area contributed by atoms with E-state index in [4.69, 9.17) is 16.3 Å². The number of fused-ring (bicyclic) bond motifs is 1. The molecule has 1 aromatic carbocycles. The largest absolute Gasteiger partial charge is 0.373 e. The smallest absolute Gasteiger partial charge is 0.261 e. The van der Waals surface area contributed by atoms with Crippen LogP contribution >= 0.6 is 11.6 Å². The van der Waals surface area contributed by atoms with Gasteiger partial charge >= 0.3 is 0 Å². The van der Waals surface area contributed by atoms with Gasteiger partial charge in [-0.1, -0.05) is 11.6 Å².